The molecule has 0 heterocycles. The first-order chi connectivity index (χ1) is 9.40. The van der Waals surface area contributed by atoms with Crippen LogP contribution in [0.2, 0.25) is 0 Å². The highest BCUT2D eigenvalue weighted by molar-refractivity contribution is 9.10. The number of benzene rings is 2. The van der Waals surface area contributed by atoms with Crippen molar-refractivity contribution >= 4 is 31.6 Å². The summed E-state index contributed by atoms with van der Waals surface area (Å²) in [5, 5.41) is 0. The number of amides is 1. The normalized spacial score (nSPS) is 13.6. The van der Waals surface area contributed by atoms with E-state index < -0.39 is 15.6 Å². The van der Waals surface area contributed by atoms with Crippen LogP contribution in [0.15, 0.2) is 62.3 Å². The number of aryl methyl sites for hydroxylation is 1. The van der Waals surface area contributed by atoms with E-state index >= 15 is 0 Å². The van der Waals surface area contributed by atoms with Crippen molar-refractivity contribution < 1.29 is 9.00 Å². The minimum absolute atomic E-state index is 0.424. The molecular formula is C15H14BrNO2S. The molecule has 3 nitrogen and oxygen atoms in total. The minimum atomic E-state index is -2.72. The summed E-state index contributed by atoms with van der Waals surface area (Å²) >= 11 is 3.37. The number of halogens is 1. The van der Waals surface area contributed by atoms with Crippen LogP contribution in [0.25, 0.3) is 0 Å². The van der Waals surface area contributed by atoms with Gasteiger partial charge in [0.1, 0.15) is 0 Å². The molecule has 1 atom stereocenters. The molecule has 0 fully saturated rings. The summed E-state index contributed by atoms with van der Waals surface area (Å²) in [5.41, 5.74) is 1.45. The Kier molecular flexibility index (Phi) is 4.40. The quantitative estimate of drug-likeness (QED) is 0.818. The van der Waals surface area contributed by atoms with Crippen molar-refractivity contribution in [2.75, 3.05) is 6.26 Å². The van der Waals surface area contributed by atoms with Gasteiger partial charge in [-0.1, -0.05) is 40.2 Å². The maximum atomic E-state index is 12.5. The predicted molar refractivity (Wildman–Crippen MR) is 84.4 cm³/mol. The maximum Gasteiger partial charge on any atom is 0.285 e. The van der Waals surface area contributed by atoms with Crippen molar-refractivity contribution in [3.63, 3.8) is 0 Å². The molecular weight excluding hydrogens is 338 g/mol. The van der Waals surface area contributed by atoms with Gasteiger partial charge < -0.3 is 0 Å². The number of nitrogens with zero attached hydrogens (tertiary/aromatic N) is 1. The first kappa shape index (κ1) is 14.9. The number of carbonyl (C=O) groups excluding carboxylic acids is 1. The lowest BCUT2D eigenvalue weighted by Crippen LogP contribution is -2.04. The Hall–Kier alpha value is -1.46. The van der Waals surface area contributed by atoms with E-state index in [1.165, 1.54) is 6.26 Å². The van der Waals surface area contributed by atoms with Crippen LogP contribution in [0.5, 0.6) is 0 Å². The molecule has 0 bridgehead atoms. The van der Waals surface area contributed by atoms with Crippen LogP contribution in [-0.4, -0.2) is 16.4 Å². The SMILES string of the molecule is Cc1ccc(C(=O)N=S(C)(=O)c2ccccc2)cc1Br. The predicted octanol–water partition coefficient (Wildman–Crippen LogP) is 4.05. The highest BCUT2D eigenvalue weighted by atomic mass is 79.9. The van der Waals surface area contributed by atoms with Gasteiger partial charge in [0.25, 0.3) is 5.91 Å². The molecule has 20 heavy (non-hydrogen) atoms. The van der Waals surface area contributed by atoms with Crippen molar-refractivity contribution in [3.8, 4) is 0 Å². The molecule has 0 N–H and O–H groups in total. The summed E-state index contributed by atoms with van der Waals surface area (Å²) in [7, 11) is -2.72. The van der Waals surface area contributed by atoms with E-state index in [0.29, 0.717) is 10.5 Å². The number of carbonyl (C=O) groups is 1. The lowest BCUT2D eigenvalue weighted by Gasteiger charge is -2.04. The van der Waals surface area contributed by atoms with E-state index in [0.717, 1.165) is 10.0 Å². The van der Waals surface area contributed by atoms with Crippen molar-refractivity contribution in [3.05, 3.63) is 64.1 Å². The third-order valence-corrected chi connectivity index (χ3v) is 5.37. The molecule has 0 aliphatic heterocycles. The number of hydrogen-bond acceptors (Lipinski definition) is 2. The summed E-state index contributed by atoms with van der Waals surface area (Å²) < 4.78 is 17.2. The molecule has 104 valence electrons. The first-order valence-corrected chi connectivity index (χ1v) is 8.69. The first-order valence-electron chi connectivity index (χ1n) is 5.98. The van der Waals surface area contributed by atoms with Crippen molar-refractivity contribution in [2.24, 2.45) is 4.36 Å². The van der Waals surface area contributed by atoms with Crippen LogP contribution >= 0.6 is 15.9 Å². The lowest BCUT2D eigenvalue weighted by molar-refractivity contribution is 0.100. The van der Waals surface area contributed by atoms with Crippen LogP contribution in [-0.2, 0) is 9.73 Å². The summed E-state index contributed by atoms with van der Waals surface area (Å²) in [6, 6.07) is 14.0. The Labute approximate surface area is 127 Å². The molecule has 0 spiro atoms. The fraction of sp³-hybridized carbons (Fsp3) is 0.133. The largest absolute Gasteiger partial charge is 0.285 e. The van der Waals surface area contributed by atoms with Crippen molar-refractivity contribution in [2.45, 2.75) is 11.8 Å². The number of hydrogen-bond donors (Lipinski definition) is 0. The maximum absolute atomic E-state index is 12.5. The summed E-state index contributed by atoms with van der Waals surface area (Å²) in [5.74, 6) is -0.470. The molecule has 2 rings (SSSR count). The fourth-order valence-corrected chi connectivity index (χ4v) is 3.23. The van der Waals surface area contributed by atoms with Gasteiger partial charge in [-0.3, -0.25) is 4.79 Å². The Bertz CT molecular complexity index is 763. The van der Waals surface area contributed by atoms with Crippen LogP contribution in [0.4, 0.5) is 0 Å². The molecule has 0 saturated heterocycles. The topological polar surface area (TPSA) is 46.5 Å². The van der Waals surface area contributed by atoms with Gasteiger partial charge in [-0.05, 0) is 36.8 Å². The number of rotatable bonds is 2. The summed E-state index contributed by atoms with van der Waals surface area (Å²) in [4.78, 5) is 12.7. The molecule has 0 saturated carbocycles. The summed E-state index contributed by atoms with van der Waals surface area (Å²) in [6.45, 7) is 1.93. The van der Waals surface area contributed by atoms with E-state index in [2.05, 4.69) is 20.3 Å². The van der Waals surface area contributed by atoms with E-state index in [9.17, 15) is 9.00 Å². The van der Waals surface area contributed by atoms with E-state index in [-0.39, 0.29) is 0 Å². The Morgan fingerprint density at radius 2 is 1.80 bits per heavy atom. The molecule has 0 aliphatic rings. The zero-order valence-electron chi connectivity index (χ0n) is 11.2. The van der Waals surface area contributed by atoms with Gasteiger partial charge in [0.05, 0.1) is 9.73 Å². The van der Waals surface area contributed by atoms with Gasteiger partial charge in [-0.25, -0.2) is 4.21 Å². The third-order valence-electron chi connectivity index (χ3n) is 2.86. The molecule has 5 heteroatoms. The Morgan fingerprint density at radius 3 is 2.40 bits per heavy atom. The molecule has 0 aliphatic carbocycles. The molecule has 2 aromatic rings. The zero-order chi connectivity index (χ0) is 14.8. The van der Waals surface area contributed by atoms with E-state index in [1.807, 2.05) is 19.1 Å². The van der Waals surface area contributed by atoms with Crippen molar-refractivity contribution in [1.82, 2.24) is 0 Å². The fourth-order valence-electron chi connectivity index (χ4n) is 1.66. The second kappa shape index (κ2) is 5.89. The standard InChI is InChI=1S/C15H14BrNO2S/c1-11-8-9-12(10-14(11)16)15(18)17-20(2,19)13-6-4-3-5-7-13/h3-10H,1-2H3. The molecule has 2 aromatic carbocycles. The molecule has 0 radical (unpaired) electrons. The minimum Gasteiger partial charge on any atom is -0.266 e. The van der Waals surface area contributed by atoms with Crippen LogP contribution in [0, 0.1) is 6.92 Å². The second-order valence-corrected chi connectivity index (χ2v) is 7.59. The average molecular weight is 352 g/mol. The van der Waals surface area contributed by atoms with E-state index in [4.69, 9.17) is 0 Å². The third kappa shape index (κ3) is 3.35. The average Bonchev–Trinajstić information content (AvgIpc) is 2.42. The zero-order valence-corrected chi connectivity index (χ0v) is 13.6. The molecule has 1 unspecified atom stereocenters. The monoisotopic (exact) mass is 351 g/mol. The van der Waals surface area contributed by atoms with Gasteiger partial charge in [0, 0.05) is 21.2 Å². The van der Waals surface area contributed by atoms with Gasteiger partial charge in [-0.15, -0.1) is 0 Å². The highest BCUT2D eigenvalue weighted by Crippen LogP contribution is 2.19. The van der Waals surface area contributed by atoms with Crippen LogP contribution in [0.3, 0.4) is 0 Å². The second-order valence-electron chi connectivity index (χ2n) is 4.48. The smallest absolute Gasteiger partial charge is 0.266 e. The molecule has 1 amide bonds. The van der Waals surface area contributed by atoms with Crippen LogP contribution in [0.1, 0.15) is 15.9 Å². The lowest BCUT2D eigenvalue weighted by atomic mass is 10.1. The Balaban J connectivity index is 2.41. The van der Waals surface area contributed by atoms with Crippen molar-refractivity contribution in [1.29, 1.82) is 0 Å². The van der Waals surface area contributed by atoms with E-state index in [1.54, 1.807) is 36.4 Å². The molecule has 0 aromatic heterocycles. The summed E-state index contributed by atoms with van der Waals surface area (Å²) in [6.07, 6.45) is 1.48. The highest BCUT2D eigenvalue weighted by Gasteiger charge is 2.11. The van der Waals surface area contributed by atoms with Gasteiger partial charge >= 0.3 is 0 Å². The van der Waals surface area contributed by atoms with Gasteiger partial charge in [-0.2, -0.15) is 4.36 Å². The van der Waals surface area contributed by atoms with Gasteiger partial charge in [0.2, 0.25) is 0 Å². The van der Waals surface area contributed by atoms with Crippen LogP contribution < -0.4 is 0 Å². The van der Waals surface area contributed by atoms with Gasteiger partial charge in [0.15, 0.2) is 0 Å². The Morgan fingerprint density at radius 1 is 1.15 bits per heavy atom.